The predicted octanol–water partition coefficient (Wildman–Crippen LogP) is 2.84. The molecule has 0 bridgehead atoms. The van der Waals surface area contributed by atoms with Gasteiger partial charge in [0.25, 0.3) is 0 Å². The maximum absolute atomic E-state index is 11.2. The van der Waals surface area contributed by atoms with E-state index >= 15 is 0 Å². The first-order chi connectivity index (χ1) is 15.0. The van der Waals surface area contributed by atoms with Crippen LogP contribution in [0.5, 0.6) is 17.2 Å². The van der Waals surface area contributed by atoms with E-state index in [9.17, 15) is 4.79 Å². The zero-order valence-electron chi connectivity index (χ0n) is 18.7. The first kappa shape index (κ1) is 23.9. The third-order valence-electron chi connectivity index (χ3n) is 4.28. The number of guanidine groups is 1. The second-order valence-electron chi connectivity index (χ2n) is 6.68. The maximum Gasteiger partial charge on any atom is 0.221 e. The zero-order chi connectivity index (χ0) is 22.5. The topological polar surface area (TPSA) is 93.2 Å². The maximum atomic E-state index is 11.2. The Labute approximate surface area is 184 Å². The van der Waals surface area contributed by atoms with Crippen molar-refractivity contribution >= 4 is 17.6 Å². The van der Waals surface area contributed by atoms with Crippen LogP contribution in [0.25, 0.3) is 0 Å². The molecule has 0 aliphatic rings. The van der Waals surface area contributed by atoms with Gasteiger partial charge in [-0.15, -0.1) is 0 Å². The van der Waals surface area contributed by atoms with Crippen molar-refractivity contribution in [1.82, 2.24) is 10.6 Å². The number of rotatable bonds is 11. The summed E-state index contributed by atoms with van der Waals surface area (Å²) in [5, 5.41) is 9.24. The van der Waals surface area contributed by atoms with Gasteiger partial charge in [-0.2, -0.15) is 0 Å². The standard InChI is InChI=1S/C23H32N4O4/c1-5-24-23(25-12-11-18-9-10-21(29-3)22(15-18)30-4)26-13-14-31-20-8-6-7-19(16-20)27-17(2)28/h6-10,15-16H,5,11-14H2,1-4H3,(H,27,28)(H2,24,25,26). The molecule has 0 unspecified atom stereocenters. The summed E-state index contributed by atoms with van der Waals surface area (Å²) in [6.07, 6.45) is 0.781. The van der Waals surface area contributed by atoms with Crippen molar-refractivity contribution in [3.8, 4) is 17.2 Å². The fourth-order valence-electron chi connectivity index (χ4n) is 2.88. The predicted molar refractivity (Wildman–Crippen MR) is 123 cm³/mol. The SMILES string of the molecule is CCNC(=NCCc1ccc(OC)c(OC)c1)NCCOc1cccc(NC(C)=O)c1. The van der Waals surface area contributed by atoms with Crippen LogP contribution in [0.2, 0.25) is 0 Å². The summed E-state index contributed by atoms with van der Waals surface area (Å²) in [6.45, 7) is 5.95. The van der Waals surface area contributed by atoms with Crippen molar-refractivity contribution in [2.45, 2.75) is 20.3 Å². The number of hydrogen-bond donors (Lipinski definition) is 3. The van der Waals surface area contributed by atoms with Crippen molar-refractivity contribution in [3.63, 3.8) is 0 Å². The number of benzene rings is 2. The smallest absolute Gasteiger partial charge is 0.221 e. The van der Waals surface area contributed by atoms with E-state index in [0.29, 0.717) is 42.6 Å². The van der Waals surface area contributed by atoms with Gasteiger partial charge in [-0.3, -0.25) is 9.79 Å². The average molecular weight is 429 g/mol. The van der Waals surface area contributed by atoms with Gasteiger partial charge in [0.1, 0.15) is 12.4 Å². The van der Waals surface area contributed by atoms with Crippen LogP contribution in [-0.4, -0.2) is 52.3 Å². The summed E-state index contributed by atoms with van der Waals surface area (Å²) in [6, 6.07) is 13.2. The quantitative estimate of drug-likeness (QED) is 0.290. The number of methoxy groups -OCH3 is 2. The molecule has 0 heterocycles. The number of nitrogens with one attached hydrogen (secondary N) is 3. The first-order valence-electron chi connectivity index (χ1n) is 10.3. The van der Waals surface area contributed by atoms with Gasteiger partial charge in [0.05, 0.1) is 20.8 Å². The molecule has 0 spiro atoms. The van der Waals surface area contributed by atoms with Gasteiger partial charge < -0.3 is 30.2 Å². The lowest BCUT2D eigenvalue weighted by atomic mass is 10.1. The molecule has 0 aliphatic heterocycles. The van der Waals surface area contributed by atoms with Gasteiger partial charge in [-0.05, 0) is 43.2 Å². The number of hydrogen-bond acceptors (Lipinski definition) is 5. The van der Waals surface area contributed by atoms with E-state index in [1.165, 1.54) is 6.92 Å². The van der Waals surface area contributed by atoms with Gasteiger partial charge in [0.15, 0.2) is 17.5 Å². The van der Waals surface area contributed by atoms with E-state index in [4.69, 9.17) is 14.2 Å². The van der Waals surface area contributed by atoms with E-state index in [2.05, 4.69) is 20.9 Å². The number of anilines is 1. The number of ether oxygens (including phenoxy) is 3. The normalized spacial score (nSPS) is 10.9. The van der Waals surface area contributed by atoms with Crippen LogP contribution in [0.4, 0.5) is 5.69 Å². The summed E-state index contributed by atoms with van der Waals surface area (Å²) in [5.74, 6) is 2.75. The Morgan fingerprint density at radius 1 is 1.03 bits per heavy atom. The molecule has 0 aliphatic carbocycles. The van der Waals surface area contributed by atoms with E-state index in [1.54, 1.807) is 20.3 Å². The molecule has 1 amide bonds. The molecule has 3 N–H and O–H groups in total. The van der Waals surface area contributed by atoms with Gasteiger partial charge in [-0.25, -0.2) is 0 Å². The van der Waals surface area contributed by atoms with Crippen molar-refractivity contribution < 1.29 is 19.0 Å². The summed E-state index contributed by atoms with van der Waals surface area (Å²) in [4.78, 5) is 15.8. The second kappa shape index (κ2) is 13.0. The third-order valence-corrected chi connectivity index (χ3v) is 4.28. The molecule has 31 heavy (non-hydrogen) atoms. The highest BCUT2D eigenvalue weighted by molar-refractivity contribution is 5.88. The fraction of sp³-hybridized carbons (Fsp3) is 0.391. The van der Waals surface area contributed by atoms with Crippen LogP contribution in [0.15, 0.2) is 47.5 Å². The highest BCUT2D eigenvalue weighted by Crippen LogP contribution is 2.27. The lowest BCUT2D eigenvalue weighted by Gasteiger charge is -2.13. The van der Waals surface area contributed by atoms with Crippen LogP contribution in [0.1, 0.15) is 19.4 Å². The molecule has 8 nitrogen and oxygen atoms in total. The van der Waals surface area contributed by atoms with E-state index in [0.717, 1.165) is 24.5 Å². The molecule has 0 radical (unpaired) electrons. The summed E-state index contributed by atoms with van der Waals surface area (Å²) < 4.78 is 16.4. The Balaban J connectivity index is 1.81. The molecule has 168 valence electrons. The molecule has 8 heteroatoms. The van der Waals surface area contributed by atoms with Crippen LogP contribution in [0, 0.1) is 0 Å². The van der Waals surface area contributed by atoms with Crippen LogP contribution >= 0.6 is 0 Å². The lowest BCUT2D eigenvalue weighted by Crippen LogP contribution is -2.39. The van der Waals surface area contributed by atoms with Crippen molar-refractivity contribution in [1.29, 1.82) is 0 Å². The Morgan fingerprint density at radius 3 is 2.55 bits per heavy atom. The Kier molecular flexibility index (Phi) is 10.0. The highest BCUT2D eigenvalue weighted by atomic mass is 16.5. The van der Waals surface area contributed by atoms with Crippen molar-refractivity contribution in [2.24, 2.45) is 4.99 Å². The minimum atomic E-state index is -0.113. The molecule has 0 saturated carbocycles. The first-order valence-corrected chi connectivity index (χ1v) is 10.3. The summed E-state index contributed by atoms with van der Waals surface area (Å²) in [7, 11) is 3.25. The highest BCUT2D eigenvalue weighted by Gasteiger charge is 2.05. The molecular weight excluding hydrogens is 396 g/mol. The second-order valence-corrected chi connectivity index (χ2v) is 6.68. The molecule has 0 fully saturated rings. The Morgan fingerprint density at radius 2 is 1.84 bits per heavy atom. The molecule has 0 aromatic heterocycles. The number of carbonyl (C=O) groups is 1. The molecule has 2 aromatic rings. The van der Waals surface area contributed by atoms with E-state index < -0.39 is 0 Å². The van der Waals surface area contributed by atoms with Crippen molar-refractivity contribution in [3.05, 3.63) is 48.0 Å². The molecule has 0 atom stereocenters. The summed E-state index contributed by atoms with van der Waals surface area (Å²) >= 11 is 0. The number of aliphatic imine (C=N–C) groups is 1. The third kappa shape index (κ3) is 8.46. The summed E-state index contributed by atoms with van der Waals surface area (Å²) in [5.41, 5.74) is 1.84. The molecule has 2 aromatic carbocycles. The zero-order valence-corrected chi connectivity index (χ0v) is 18.7. The van der Waals surface area contributed by atoms with Gasteiger partial charge >= 0.3 is 0 Å². The van der Waals surface area contributed by atoms with E-state index in [1.807, 2.05) is 43.3 Å². The minimum absolute atomic E-state index is 0.113. The van der Waals surface area contributed by atoms with Gasteiger partial charge in [0, 0.05) is 31.8 Å². The number of carbonyl (C=O) groups excluding carboxylic acids is 1. The lowest BCUT2D eigenvalue weighted by molar-refractivity contribution is -0.114. The fourth-order valence-corrected chi connectivity index (χ4v) is 2.88. The average Bonchev–Trinajstić information content (AvgIpc) is 2.76. The van der Waals surface area contributed by atoms with Crippen LogP contribution < -0.4 is 30.2 Å². The molecule has 2 rings (SSSR count). The van der Waals surface area contributed by atoms with Crippen LogP contribution in [0.3, 0.4) is 0 Å². The van der Waals surface area contributed by atoms with E-state index in [-0.39, 0.29) is 5.91 Å². The largest absolute Gasteiger partial charge is 0.493 e. The van der Waals surface area contributed by atoms with Crippen LogP contribution in [-0.2, 0) is 11.2 Å². The van der Waals surface area contributed by atoms with Crippen molar-refractivity contribution in [2.75, 3.05) is 45.8 Å². The number of amides is 1. The Hall–Kier alpha value is -3.42. The molecular formula is C23H32N4O4. The molecule has 0 saturated heterocycles. The number of nitrogens with zero attached hydrogens (tertiary/aromatic N) is 1. The van der Waals surface area contributed by atoms with Gasteiger partial charge in [-0.1, -0.05) is 12.1 Å². The minimum Gasteiger partial charge on any atom is -0.493 e. The van der Waals surface area contributed by atoms with Gasteiger partial charge in [0.2, 0.25) is 5.91 Å². The Bertz CT molecular complexity index is 870. The monoisotopic (exact) mass is 428 g/mol.